The molecule has 0 aliphatic heterocycles. The molecule has 0 rings (SSSR count). The SMILES string of the molecule is CC(C)N(CC(N)=O)C(=O)NCC(C)(C)C(=O)O. The Bertz CT molecular complexity index is 339. The molecular formula is C11H21N3O4. The minimum Gasteiger partial charge on any atom is -0.481 e. The van der Waals surface area contributed by atoms with Crippen LogP contribution in [0.2, 0.25) is 0 Å². The van der Waals surface area contributed by atoms with E-state index in [2.05, 4.69) is 5.32 Å². The number of hydrogen-bond acceptors (Lipinski definition) is 3. The van der Waals surface area contributed by atoms with Gasteiger partial charge in [-0.1, -0.05) is 0 Å². The van der Waals surface area contributed by atoms with Crippen molar-refractivity contribution in [3.63, 3.8) is 0 Å². The molecule has 0 spiro atoms. The second kappa shape index (κ2) is 6.23. The van der Waals surface area contributed by atoms with Crippen LogP contribution in [0.3, 0.4) is 0 Å². The Balaban J connectivity index is 4.54. The van der Waals surface area contributed by atoms with Gasteiger partial charge in [-0.2, -0.15) is 0 Å². The first-order valence-corrected chi connectivity index (χ1v) is 5.64. The Morgan fingerprint density at radius 2 is 1.83 bits per heavy atom. The maximum atomic E-state index is 11.8. The Morgan fingerprint density at radius 1 is 1.33 bits per heavy atom. The van der Waals surface area contributed by atoms with Crippen molar-refractivity contribution in [1.82, 2.24) is 10.2 Å². The van der Waals surface area contributed by atoms with E-state index in [0.29, 0.717) is 0 Å². The van der Waals surface area contributed by atoms with E-state index in [4.69, 9.17) is 10.8 Å². The number of nitrogens with one attached hydrogen (secondary N) is 1. The zero-order chi connectivity index (χ0) is 14.5. The molecule has 0 aliphatic rings. The Labute approximate surface area is 106 Å². The highest BCUT2D eigenvalue weighted by atomic mass is 16.4. The maximum Gasteiger partial charge on any atom is 0.318 e. The van der Waals surface area contributed by atoms with Gasteiger partial charge >= 0.3 is 12.0 Å². The van der Waals surface area contributed by atoms with Crippen molar-refractivity contribution in [3.05, 3.63) is 0 Å². The predicted molar refractivity (Wildman–Crippen MR) is 65.9 cm³/mol. The largest absolute Gasteiger partial charge is 0.481 e. The summed E-state index contributed by atoms with van der Waals surface area (Å²) in [6.45, 7) is 6.27. The van der Waals surface area contributed by atoms with Crippen molar-refractivity contribution in [2.45, 2.75) is 33.7 Å². The minimum atomic E-state index is -1.06. The van der Waals surface area contributed by atoms with Crippen LogP contribution in [0.25, 0.3) is 0 Å². The lowest BCUT2D eigenvalue weighted by Crippen LogP contribution is -2.50. The van der Waals surface area contributed by atoms with Crippen molar-refractivity contribution in [1.29, 1.82) is 0 Å². The van der Waals surface area contributed by atoms with Gasteiger partial charge in [0.15, 0.2) is 0 Å². The lowest BCUT2D eigenvalue weighted by atomic mass is 9.94. The van der Waals surface area contributed by atoms with Crippen LogP contribution in [0.5, 0.6) is 0 Å². The molecule has 0 aliphatic carbocycles. The zero-order valence-corrected chi connectivity index (χ0v) is 11.2. The Hall–Kier alpha value is -1.79. The standard InChI is InChI=1S/C11H21N3O4/c1-7(2)14(5-8(12)15)10(18)13-6-11(3,4)9(16)17/h7H,5-6H2,1-4H3,(H2,12,15)(H,13,18)(H,16,17). The van der Waals surface area contributed by atoms with Gasteiger partial charge in [0.25, 0.3) is 0 Å². The zero-order valence-electron chi connectivity index (χ0n) is 11.2. The van der Waals surface area contributed by atoms with Crippen LogP contribution < -0.4 is 11.1 Å². The number of carboxylic acids is 1. The van der Waals surface area contributed by atoms with Crippen LogP contribution in [0.4, 0.5) is 4.79 Å². The predicted octanol–water partition coefficient (Wildman–Crippen LogP) is 0.00250. The first-order chi connectivity index (χ1) is 8.08. The smallest absolute Gasteiger partial charge is 0.318 e. The number of primary amides is 1. The second-order valence-electron chi connectivity index (χ2n) is 5.04. The molecule has 0 saturated carbocycles. The Morgan fingerprint density at radius 3 is 2.17 bits per heavy atom. The molecule has 0 aromatic rings. The van der Waals surface area contributed by atoms with Crippen LogP contribution in [0, 0.1) is 5.41 Å². The topological polar surface area (TPSA) is 113 Å². The van der Waals surface area contributed by atoms with E-state index in [9.17, 15) is 14.4 Å². The first kappa shape index (κ1) is 16.2. The molecular weight excluding hydrogens is 238 g/mol. The monoisotopic (exact) mass is 259 g/mol. The van der Waals surface area contributed by atoms with E-state index >= 15 is 0 Å². The molecule has 4 N–H and O–H groups in total. The van der Waals surface area contributed by atoms with Crippen LogP contribution >= 0.6 is 0 Å². The molecule has 18 heavy (non-hydrogen) atoms. The number of nitrogens with two attached hydrogens (primary N) is 1. The third-order valence-electron chi connectivity index (χ3n) is 2.47. The summed E-state index contributed by atoms with van der Waals surface area (Å²) >= 11 is 0. The van der Waals surface area contributed by atoms with Crippen molar-refractivity contribution < 1.29 is 19.5 Å². The van der Waals surface area contributed by atoms with E-state index in [0.717, 1.165) is 0 Å². The fourth-order valence-corrected chi connectivity index (χ4v) is 1.13. The number of hydrogen-bond donors (Lipinski definition) is 3. The molecule has 3 amide bonds. The highest BCUT2D eigenvalue weighted by Gasteiger charge is 2.29. The van der Waals surface area contributed by atoms with Gasteiger partial charge in [-0.25, -0.2) is 4.79 Å². The van der Waals surface area contributed by atoms with Gasteiger partial charge < -0.3 is 21.1 Å². The number of rotatable bonds is 6. The van der Waals surface area contributed by atoms with Crippen LogP contribution in [0.1, 0.15) is 27.7 Å². The Kier molecular flexibility index (Phi) is 5.61. The summed E-state index contributed by atoms with van der Waals surface area (Å²) in [5, 5.41) is 11.4. The summed E-state index contributed by atoms with van der Waals surface area (Å²) in [6.07, 6.45) is 0. The van der Waals surface area contributed by atoms with Crippen LogP contribution in [-0.2, 0) is 9.59 Å². The quantitative estimate of drug-likeness (QED) is 0.623. The average Bonchev–Trinajstić information content (AvgIpc) is 2.21. The average molecular weight is 259 g/mol. The van der Waals surface area contributed by atoms with E-state index in [1.807, 2.05) is 0 Å². The summed E-state index contributed by atoms with van der Waals surface area (Å²) in [7, 11) is 0. The third-order valence-corrected chi connectivity index (χ3v) is 2.47. The number of carbonyl (C=O) groups excluding carboxylic acids is 2. The van der Waals surface area contributed by atoms with Gasteiger partial charge in [-0.05, 0) is 27.7 Å². The van der Waals surface area contributed by atoms with Crippen molar-refractivity contribution in [2.75, 3.05) is 13.1 Å². The van der Waals surface area contributed by atoms with E-state index in [1.54, 1.807) is 13.8 Å². The summed E-state index contributed by atoms with van der Waals surface area (Å²) < 4.78 is 0. The molecule has 0 radical (unpaired) electrons. The molecule has 0 aromatic carbocycles. The lowest BCUT2D eigenvalue weighted by molar-refractivity contribution is -0.146. The molecule has 0 heterocycles. The highest BCUT2D eigenvalue weighted by Crippen LogP contribution is 2.13. The van der Waals surface area contributed by atoms with Crippen molar-refractivity contribution in [2.24, 2.45) is 11.1 Å². The molecule has 0 aromatic heterocycles. The number of aliphatic carboxylic acids is 1. The first-order valence-electron chi connectivity index (χ1n) is 5.64. The number of amides is 3. The van der Waals surface area contributed by atoms with Gasteiger partial charge in [0.2, 0.25) is 5.91 Å². The van der Waals surface area contributed by atoms with E-state index in [-0.39, 0.29) is 19.1 Å². The molecule has 0 unspecified atom stereocenters. The minimum absolute atomic E-state index is 0.0247. The normalized spacial score (nSPS) is 11.2. The van der Waals surface area contributed by atoms with Crippen LogP contribution in [0.15, 0.2) is 0 Å². The molecule has 0 fully saturated rings. The second-order valence-corrected chi connectivity index (χ2v) is 5.04. The summed E-state index contributed by atoms with van der Waals surface area (Å²) in [6, 6.07) is -0.705. The fraction of sp³-hybridized carbons (Fsp3) is 0.727. The molecule has 104 valence electrons. The van der Waals surface area contributed by atoms with E-state index in [1.165, 1.54) is 18.7 Å². The molecule has 7 heteroatoms. The van der Waals surface area contributed by atoms with Crippen molar-refractivity contribution >= 4 is 17.9 Å². The molecule has 0 atom stereocenters. The van der Waals surface area contributed by atoms with Gasteiger partial charge in [0, 0.05) is 12.6 Å². The number of nitrogens with zero attached hydrogens (tertiary/aromatic N) is 1. The van der Waals surface area contributed by atoms with Gasteiger partial charge in [-0.15, -0.1) is 0 Å². The molecule has 7 nitrogen and oxygen atoms in total. The number of carboxylic acid groups (broad SMARTS) is 1. The van der Waals surface area contributed by atoms with Gasteiger partial charge in [-0.3, -0.25) is 9.59 Å². The lowest BCUT2D eigenvalue weighted by Gasteiger charge is -2.27. The number of urea groups is 1. The molecule has 0 saturated heterocycles. The maximum absolute atomic E-state index is 11.8. The van der Waals surface area contributed by atoms with Crippen molar-refractivity contribution in [3.8, 4) is 0 Å². The number of carbonyl (C=O) groups is 3. The van der Waals surface area contributed by atoms with Crippen LogP contribution in [-0.4, -0.2) is 47.0 Å². The summed E-state index contributed by atoms with van der Waals surface area (Å²) in [5.41, 5.74) is 3.98. The van der Waals surface area contributed by atoms with Gasteiger partial charge in [0.1, 0.15) is 6.54 Å². The van der Waals surface area contributed by atoms with E-state index < -0.39 is 23.3 Å². The summed E-state index contributed by atoms with van der Waals surface area (Å²) in [5.74, 6) is -1.62. The fourth-order valence-electron chi connectivity index (χ4n) is 1.13. The van der Waals surface area contributed by atoms with Gasteiger partial charge in [0.05, 0.1) is 5.41 Å². The highest BCUT2D eigenvalue weighted by molar-refractivity contribution is 5.83. The third kappa shape index (κ3) is 5.03. The molecule has 0 bridgehead atoms. The summed E-state index contributed by atoms with van der Waals surface area (Å²) in [4.78, 5) is 34.8.